The van der Waals surface area contributed by atoms with Gasteiger partial charge in [-0.25, -0.2) is 0 Å². The number of hydrogen-bond donors (Lipinski definition) is 2. The largest absolute Gasteiger partial charge is 0.497 e. The number of nitrogens with one attached hydrogen (secondary N) is 1. The van der Waals surface area contributed by atoms with E-state index in [1.807, 2.05) is 12.1 Å². The Bertz CT molecular complexity index is 446. The molecule has 0 aromatic heterocycles. The van der Waals surface area contributed by atoms with E-state index in [0.29, 0.717) is 6.54 Å². The standard InChI is InChI=1S/C16H23NO2/c1-19-14-6-4-5-13(11-14)15-7-2-3-8-16(15,18)12-17-10-9-15/h4-6,11,17-18H,2-3,7-10,12H2,1H3/t15-,16+/m1/s1. The monoisotopic (exact) mass is 261 g/mol. The van der Waals surface area contributed by atoms with Gasteiger partial charge in [-0.2, -0.15) is 0 Å². The number of piperidine rings is 1. The topological polar surface area (TPSA) is 41.5 Å². The van der Waals surface area contributed by atoms with Gasteiger partial charge in [0.05, 0.1) is 12.7 Å². The summed E-state index contributed by atoms with van der Waals surface area (Å²) in [5.74, 6) is 0.887. The maximum Gasteiger partial charge on any atom is 0.119 e. The van der Waals surface area contributed by atoms with Crippen molar-refractivity contribution >= 4 is 0 Å². The lowest BCUT2D eigenvalue weighted by Gasteiger charge is -2.54. The second-order valence-electron chi connectivity index (χ2n) is 5.98. The molecule has 2 atom stereocenters. The summed E-state index contributed by atoms with van der Waals surface area (Å²) in [6.07, 6.45) is 5.33. The van der Waals surface area contributed by atoms with Crippen LogP contribution in [0.25, 0.3) is 0 Å². The first-order chi connectivity index (χ1) is 9.20. The van der Waals surface area contributed by atoms with Gasteiger partial charge in [0.2, 0.25) is 0 Å². The molecular formula is C16H23NO2. The Morgan fingerprint density at radius 2 is 2.05 bits per heavy atom. The highest BCUT2D eigenvalue weighted by Gasteiger charge is 2.53. The number of methoxy groups -OCH3 is 1. The van der Waals surface area contributed by atoms with Crippen LogP contribution in [0.15, 0.2) is 24.3 Å². The fourth-order valence-corrected chi connectivity index (χ4v) is 4.01. The summed E-state index contributed by atoms with van der Waals surface area (Å²) in [6, 6.07) is 8.29. The lowest BCUT2D eigenvalue weighted by Crippen LogP contribution is -2.63. The molecule has 1 aromatic rings. The summed E-state index contributed by atoms with van der Waals surface area (Å²) in [5.41, 5.74) is 0.552. The van der Waals surface area contributed by atoms with Gasteiger partial charge in [-0.1, -0.05) is 25.0 Å². The summed E-state index contributed by atoms with van der Waals surface area (Å²) in [4.78, 5) is 0. The second-order valence-corrected chi connectivity index (χ2v) is 5.98. The summed E-state index contributed by atoms with van der Waals surface area (Å²) in [7, 11) is 1.70. The predicted octanol–water partition coefficient (Wildman–Crippen LogP) is 2.23. The van der Waals surface area contributed by atoms with E-state index < -0.39 is 5.60 Å². The van der Waals surface area contributed by atoms with E-state index in [0.717, 1.165) is 38.0 Å². The molecule has 1 saturated carbocycles. The Morgan fingerprint density at radius 1 is 1.21 bits per heavy atom. The molecule has 3 nitrogen and oxygen atoms in total. The van der Waals surface area contributed by atoms with Crippen LogP contribution < -0.4 is 10.1 Å². The zero-order valence-electron chi connectivity index (χ0n) is 11.6. The van der Waals surface area contributed by atoms with E-state index in [1.54, 1.807) is 7.11 Å². The molecular weight excluding hydrogens is 238 g/mol. The molecule has 0 amide bonds. The van der Waals surface area contributed by atoms with E-state index in [4.69, 9.17) is 4.74 Å². The van der Waals surface area contributed by atoms with Gasteiger partial charge in [-0.15, -0.1) is 0 Å². The number of ether oxygens (including phenoxy) is 1. The Hall–Kier alpha value is -1.06. The van der Waals surface area contributed by atoms with Crippen LogP contribution in [0, 0.1) is 0 Å². The maximum atomic E-state index is 11.2. The highest BCUT2D eigenvalue weighted by molar-refractivity contribution is 5.38. The number of fused-ring (bicyclic) bond motifs is 1. The molecule has 0 bridgehead atoms. The zero-order chi connectivity index (χ0) is 13.3. The molecule has 2 fully saturated rings. The average Bonchev–Trinajstić information content (AvgIpc) is 2.46. The van der Waals surface area contributed by atoms with E-state index in [1.165, 1.54) is 12.0 Å². The Kier molecular flexibility index (Phi) is 3.27. The van der Waals surface area contributed by atoms with Crippen molar-refractivity contribution < 1.29 is 9.84 Å². The van der Waals surface area contributed by atoms with Crippen LogP contribution in [0.3, 0.4) is 0 Å². The van der Waals surface area contributed by atoms with Crippen molar-refractivity contribution in [2.45, 2.75) is 43.1 Å². The van der Waals surface area contributed by atoms with E-state index in [-0.39, 0.29) is 5.41 Å². The third kappa shape index (κ3) is 1.96. The third-order valence-electron chi connectivity index (χ3n) is 5.10. The summed E-state index contributed by atoms with van der Waals surface area (Å²) in [6.45, 7) is 1.70. The normalized spacial score (nSPS) is 34.6. The minimum Gasteiger partial charge on any atom is -0.497 e. The maximum absolute atomic E-state index is 11.2. The molecule has 1 aromatic carbocycles. The molecule has 3 heteroatoms. The van der Waals surface area contributed by atoms with Crippen LogP contribution in [0.5, 0.6) is 5.75 Å². The molecule has 0 radical (unpaired) electrons. The summed E-state index contributed by atoms with van der Waals surface area (Å²) >= 11 is 0. The molecule has 2 aliphatic rings. The van der Waals surface area contributed by atoms with Gasteiger partial charge in [0.15, 0.2) is 0 Å². The van der Waals surface area contributed by atoms with Gasteiger partial charge < -0.3 is 15.2 Å². The lowest BCUT2D eigenvalue weighted by atomic mass is 9.56. The van der Waals surface area contributed by atoms with E-state index in [2.05, 4.69) is 17.4 Å². The fourth-order valence-electron chi connectivity index (χ4n) is 4.01. The highest BCUT2D eigenvalue weighted by atomic mass is 16.5. The number of rotatable bonds is 2. The second kappa shape index (κ2) is 4.80. The van der Waals surface area contributed by atoms with Crippen LogP contribution in [0.2, 0.25) is 0 Å². The van der Waals surface area contributed by atoms with Crippen LogP contribution in [0.4, 0.5) is 0 Å². The van der Waals surface area contributed by atoms with Crippen LogP contribution in [0.1, 0.15) is 37.7 Å². The van der Waals surface area contributed by atoms with Crippen LogP contribution in [-0.4, -0.2) is 30.9 Å². The number of benzene rings is 1. The Morgan fingerprint density at radius 3 is 2.89 bits per heavy atom. The Balaban J connectivity index is 2.06. The van der Waals surface area contributed by atoms with Crippen molar-refractivity contribution in [3.05, 3.63) is 29.8 Å². The zero-order valence-corrected chi connectivity index (χ0v) is 11.6. The molecule has 1 heterocycles. The van der Waals surface area contributed by atoms with Crippen molar-refractivity contribution in [1.29, 1.82) is 0 Å². The van der Waals surface area contributed by atoms with Gasteiger partial charge in [0, 0.05) is 12.0 Å². The van der Waals surface area contributed by atoms with Gasteiger partial charge >= 0.3 is 0 Å². The number of aliphatic hydroxyl groups is 1. The first-order valence-electron chi connectivity index (χ1n) is 7.28. The SMILES string of the molecule is COc1cccc([C@]23CCCC[C@]2(O)CNCC3)c1. The molecule has 2 N–H and O–H groups in total. The third-order valence-corrected chi connectivity index (χ3v) is 5.10. The quantitative estimate of drug-likeness (QED) is 0.858. The molecule has 0 spiro atoms. The molecule has 3 rings (SSSR count). The molecule has 1 aliphatic heterocycles. The van der Waals surface area contributed by atoms with Crippen LogP contribution >= 0.6 is 0 Å². The predicted molar refractivity (Wildman–Crippen MR) is 75.6 cm³/mol. The minimum atomic E-state index is -0.601. The molecule has 0 unspecified atom stereocenters. The van der Waals surface area contributed by atoms with Crippen molar-refractivity contribution in [2.24, 2.45) is 0 Å². The highest BCUT2D eigenvalue weighted by Crippen LogP contribution is 2.50. The van der Waals surface area contributed by atoms with Crippen molar-refractivity contribution in [3.8, 4) is 5.75 Å². The van der Waals surface area contributed by atoms with E-state index in [9.17, 15) is 5.11 Å². The Labute approximate surface area is 115 Å². The molecule has 1 saturated heterocycles. The van der Waals surface area contributed by atoms with E-state index >= 15 is 0 Å². The van der Waals surface area contributed by atoms with Gasteiger partial charge in [0.1, 0.15) is 5.75 Å². The first kappa shape index (κ1) is 12.9. The molecule has 19 heavy (non-hydrogen) atoms. The summed E-state index contributed by atoms with van der Waals surface area (Å²) < 4.78 is 5.36. The summed E-state index contributed by atoms with van der Waals surface area (Å²) in [5, 5.41) is 14.5. The first-order valence-corrected chi connectivity index (χ1v) is 7.28. The average molecular weight is 261 g/mol. The van der Waals surface area contributed by atoms with Crippen molar-refractivity contribution in [3.63, 3.8) is 0 Å². The minimum absolute atomic E-state index is 0.0922. The van der Waals surface area contributed by atoms with Crippen molar-refractivity contribution in [1.82, 2.24) is 5.32 Å². The van der Waals surface area contributed by atoms with Crippen molar-refractivity contribution in [2.75, 3.05) is 20.2 Å². The van der Waals surface area contributed by atoms with Gasteiger partial charge in [-0.05, 0) is 43.5 Å². The fraction of sp³-hybridized carbons (Fsp3) is 0.625. The number of hydrogen-bond acceptors (Lipinski definition) is 3. The number of β-amino-alcohol motifs (C(OH)–C–C–N with tert-alkyl or cyclic N) is 1. The molecule has 1 aliphatic carbocycles. The van der Waals surface area contributed by atoms with Gasteiger partial charge in [-0.3, -0.25) is 0 Å². The lowest BCUT2D eigenvalue weighted by molar-refractivity contribution is -0.0867. The molecule has 104 valence electrons. The van der Waals surface area contributed by atoms with Crippen LogP contribution in [-0.2, 0) is 5.41 Å². The van der Waals surface area contributed by atoms with Gasteiger partial charge in [0.25, 0.3) is 0 Å². The smallest absolute Gasteiger partial charge is 0.119 e.